The van der Waals surface area contributed by atoms with Crippen LogP contribution in [0.25, 0.3) is 0 Å². The number of halogens is 1. The van der Waals surface area contributed by atoms with E-state index in [0.717, 1.165) is 37.9 Å². The highest BCUT2D eigenvalue weighted by Crippen LogP contribution is 2.33. The number of aromatic nitrogens is 1. The summed E-state index contributed by atoms with van der Waals surface area (Å²) in [5, 5.41) is 0. The summed E-state index contributed by atoms with van der Waals surface area (Å²) in [4.78, 5) is 0.388. The monoisotopic (exact) mass is 332 g/mol. The molecule has 0 aromatic carbocycles. The predicted molar refractivity (Wildman–Crippen MR) is 86.1 cm³/mol. The van der Waals surface area contributed by atoms with E-state index in [1.54, 1.807) is 16.6 Å². The average Bonchev–Trinajstić information content (AvgIpc) is 3.03. The van der Waals surface area contributed by atoms with Crippen molar-refractivity contribution in [3.63, 3.8) is 0 Å². The molecule has 2 atom stereocenters. The first-order chi connectivity index (χ1) is 9.95. The summed E-state index contributed by atoms with van der Waals surface area (Å²) in [6.45, 7) is 6.92. The third-order valence-corrected chi connectivity index (χ3v) is 6.63. The van der Waals surface area contributed by atoms with Gasteiger partial charge >= 0.3 is 0 Å². The summed E-state index contributed by atoms with van der Waals surface area (Å²) in [6.07, 6.45) is 5.45. The van der Waals surface area contributed by atoms with E-state index < -0.39 is 10.0 Å². The number of hydrogen-bond acceptors (Lipinski definition) is 2. The lowest BCUT2D eigenvalue weighted by Crippen LogP contribution is -2.39. The molecule has 6 heteroatoms. The fourth-order valence-electron chi connectivity index (χ4n) is 3.21. The Morgan fingerprint density at radius 1 is 1.33 bits per heavy atom. The highest BCUT2D eigenvalue weighted by molar-refractivity contribution is 7.89. The van der Waals surface area contributed by atoms with Crippen molar-refractivity contribution in [1.82, 2.24) is 8.87 Å². The van der Waals surface area contributed by atoms with Crippen LogP contribution < -0.4 is 0 Å². The molecule has 2 rings (SSSR count). The Kier molecular flexibility index (Phi) is 5.38. The molecule has 0 spiro atoms. The van der Waals surface area contributed by atoms with E-state index >= 15 is 0 Å². The van der Waals surface area contributed by atoms with E-state index in [-0.39, 0.29) is 12.1 Å². The van der Waals surface area contributed by atoms with Crippen LogP contribution in [0.5, 0.6) is 0 Å². The van der Waals surface area contributed by atoms with Gasteiger partial charge in [0, 0.05) is 30.5 Å². The maximum atomic E-state index is 13.0. The molecule has 120 valence electrons. The molecule has 1 aromatic rings. The lowest BCUT2D eigenvalue weighted by molar-refractivity contribution is 0.328. The molecule has 1 aliphatic heterocycles. The highest BCUT2D eigenvalue weighted by Gasteiger charge is 2.39. The second-order valence-electron chi connectivity index (χ2n) is 5.82. The van der Waals surface area contributed by atoms with E-state index in [1.165, 1.54) is 0 Å². The molecule has 0 amide bonds. The summed E-state index contributed by atoms with van der Waals surface area (Å²) in [5.74, 6) is 0.336. The highest BCUT2D eigenvalue weighted by atomic mass is 35.5. The smallest absolute Gasteiger partial charge is 0.245 e. The molecular formula is C15H25ClN2O2S. The Bertz CT molecular complexity index is 582. The summed E-state index contributed by atoms with van der Waals surface area (Å²) in [6, 6.07) is 1.93. The molecule has 0 bridgehead atoms. The number of alkyl halides is 1. The first-order valence-corrected chi connectivity index (χ1v) is 9.71. The number of sulfonamides is 1. The zero-order valence-electron chi connectivity index (χ0n) is 13.0. The zero-order chi connectivity index (χ0) is 15.6. The molecule has 4 nitrogen and oxygen atoms in total. The zero-order valence-corrected chi connectivity index (χ0v) is 14.6. The minimum atomic E-state index is -3.43. The molecular weight excluding hydrogens is 308 g/mol. The molecule has 0 saturated carbocycles. The van der Waals surface area contributed by atoms with Crippen LogP contribution in [0.4, 0.5) is 0 Å². The molecule has 1 aliphatic rings. The lowest BCUT2D eigenvalue weighted by atomic mass is 10.2. The molecule has 21 heavy (non-hydrogen) atoms. The fourth-order valence-corrected chi connectivity index (χ4v) is 5.46. The molecule has 1 aromatic heterocycles. The van der Waals surface area contributed by atoms with Gasteiger partial charge in [-0.2, -0.15) is 4.31 Å². The van der Waals surface area contributed by atoms with Crippen molar-refractivity contribution in [2.45, 2.75) is 75.9 Å². The van der Waals surface area contributed by atoms with E-state index in [9.17, 15) is 8.42 Å². The number of aryl methyl sites for hydroxylation is 1. The van der Waals surface area contributed by atoms with Crippen molar-refractivity contribution in [2.24, 2.45) is 0 Å². The van der Waals surface area contributed by atoms with Gasteiger partial charge in [0.2, 0.25) is 10.0 Å². The van der Waals surface area contributed by atoms with E-state index in [2.05, 4.69) is 13.8 Å². The van der Waals surface area contributed by atoms with Gasteiger partial charge in [0.15, 0.2) is 0 Å². The maximum absolute atomic E-state index is 13.0. The van der Waals surface area contributed by atoms with Crippen LogP contribution in [0.15, 0.2) is 17.2 Å². The van der Waals surface area contributed by atoms with Crippen LogP contribution in [0.2, 0.25) is 0 Å². The number of rotatable bonds is 6. The third kappa shape index (κ3) is 3.15. The van der Waals surface area contributed by atoms with Gasteiger partial charge in [-0.1, -0.05) is 13.8 Å². The first-order valence-electron chi connectivity index (χ1n) is 7.74. The Balaban J connectivity index is 2.39. The van der Waals surface area contributed by atoms with Gasteiger partial charge in [-0.3, -0.25) is 0 Å². The Morgan fingerprint density at radius 3 is 2.62 bits per heavy atom. The second-order valence-corrected chi connectivity index (χ2v) is 7.93. The third-order valence-electron chi connectivity index (χ3n) is 4.32. The van der Waals surface area contributed by atoms with Crippen molar-refractivity contribution < 1.29 is 8.42 Å². The van der Waals surface area contributed by atoms with Crippen molar-refractivity contribution in [1.29, 1.82) is 0 Å². The van der Waals surface area contributed by atoms with Crippen LogP contribution >= 0.6 is 11.6 Å². The first kappa shape index (κ1) is 16.8. The number of hydrogen-bond donors (Lipinski definition) is 0. The summed E-state index contributed by atoms with van der Waals surface area (Å²) in [5.41, 5.74) is 0.872. The quantitative estimate of drug-likeness (QED) is 0.747. The SMILES string of the molecule is CCCn1cc(S(=O)(=O)N2C(C)CCC2CC)cc1CCl. The molecule has 1 fully saturated rings. The Labute approximate surface area is 133 Å². The molecule has 0 radical (unpaired) electrons. The van der Waals surface area contributed by atoms with Crippen molar-refractivity contribution >= 4 is 21.6 Å². The van der Waals surface area contributed by atoms with Crippen LogP contribution in [-0.4, -0.2) is 29.4 Å². The average molecular weight is 333 g/mol. The van der Waals surface area contributed by atoms with Gasteiger partial charge in [-0.25, -0.2) is 8.42 Å². The minimum absolute atomic E-state index is 0.0777. The van der Waals surface area contributed by atoms with Gasteiger partial charge < -0.3 is 4.57 Å². The molecule has 0 aliphatic carbocycles. The second kappa shape index (κ2) is 6.71. The topological polar surface area (TPSA) is 42.3 Å². The largest absolute Gasteiger partial charge is 0.349 e. The van der Waals surface area contributed by atoms with Gasteiger partial charge in [0.1, 0.15) is 4.90 Å². The minimum Gasteiger partial charge on any atom is -0.349 e. The molecule has 0 N–H and O–H groups in total. The van der Waals surface area contributed by atoms with Crippen molar-refractivity contribution in [3.05, 3.63) is 18.0 Å². The standard InChI is InChI=1S/C15H25ClN2O2S/c1-4-8-17-11-15(9-14(17)10-16)21(19,20)18-12(3)6-7-13(18)5-2/h9,11-13H,4-8,10H2,1-3H3. The normalized spacial score (nSPS) is 23.8. The Morgan fingerprint density at radius 2 is 2.05 bits per heavy atom. The van der Waals surface area contributed by atoms with Crippen LogP contribution in [-0.2, 0) is 22.4 Å². The summed E-state index contributed by atoms with van der Waals surface area (Å²) in [7, 11) is -3.43. The van der Waals surface area contributed by atoms with E-state index in [1.807, 2.05) is 11.5 Å². The number of nitrogens with zero attached hydrogens (tertiary/aromatic N) is 2. The van der Waals surface area contributed by atoms with Crippen molar-refractivity contribution in [3.8, 4) is 0 Å². The van der Waals surface area contributed by atoms with Crippen LogP contribution in [0.1, 0.15) is 52.1 Å². The van der Waals surface area contributed by atoms with Crippen molar-refractivity contribution in [2.75, 3.05) is 0 Å². The van der Waals surface area contributed by atoms with Crippen LogP contribution in [0.3, 0.4) is 0 Å². The van der Waals surface area contributed by atoms with Gasteiger partial charge in [0.05, 0.1) is 5.88 Å². The summed E-state index contributed by atoms with van der Waals surface area (Å²) >= 11 is 5.95. The van der Waals surface area contributed by atoms with Gasteiger partial charge in [0.25, 0.3) is 0 Å². The van der Waals surface area contributed by atoms with Gasteiger partial charge in [-0.15, -0.1) is 11.6 Å². The lowest BCUT2D eigenvalue weighted by Gasteiger charge is -2.26. The van der Waals surface area contributed by atoms with E-state index in [4.69, 9.17) is 11.6 Å². The maximum Gasteiger partial charge on any atom is 0.245 e. The van der Waals surface area contributed by atoms with Crippen LogP contribution in [0, 0.1) is 0 Å². The Hall–Kier alpha value is -0.520. The fraction of sp³-hybridized carbons (Fsp3) is 0.733. The molecule has 2 unspecified atom stereocenters. The predicted octanol–water partition coefficient (Wildman–Crippen LogP) is 3.59. The van der Waals surface area contributed by atoms with Gasteiger partial charge in [-0.05, 0) is 38.7 Å². The van der Waals surface area contributed by atoms with E-state index in [0.29, 0.717) is 10.8 Å². The summed E-state index contributed by atoms with van der Waals surface area (Å²) < 4.78 is 29.6. The molecule has 1 saturated heterocycles. The molecule has 2 heterocycles.